The van der Waals surface area contributed by atoms with Crippen LogP contribution in [0.5, 0.6) is 0 Å². The number of rotatable bonds is 7. The molecule has 2 aromatic rings. The molecule has 1 aromatic carbocycles. The Morgan fingerprint density at radius 2 is 1.96 bits per heavy atom. The number of nitrogens with zero attached hydrogens (tertiary/aromatic N) is 3. The Kier molecular flexibility index (Phi) is 5.92. The molecule has 1 atom stereocenters. The molecule has 0 radical (unpaired) electrons. The highest BCUT2D eigenvalue weighted by Gasteiger charge is 2.23. The van der Waals surface area contributed by atoms with E-state index < -0.39 is 5.60 Å². The molecule has 0 aliphatic heterocycles. The van der Waals surface area contributed by atoms with Crippen LogP contribution in [0.25, 0.3) is 5.69 Å². The molecule has 1 aromatic heterocycles. The SMILES string of the molecule is CCC(O)(CC)CNC(=O)NC(C)c1ccc(-n2cncn2)cc1. The zero-order valence-corrected chi connectivity index (χ0v) is 14.4. The van der Waals surface area contributed by atoms with E-state index >= 15 is 0 Å². The highest BCUT2D eigenvalue weighted by Crippen LogP contribution is 2.16. The highest BCUT2D eigenvalue weighted by molar-refractivity contribution is 5.74. The molecule has 2 amide bonds. The lowest BCUT2D eigenvalue weighted by atomic mass is 9.98. The molecule has 0 saturated carbocycles. The lowest BCUT2D eigenvalue weighted by molar-refractivity contribution is 0.0349. The van der Waals surface area contributed by atoms with Crippen molar-refractivity contribution in [3.8, 4) is 5.69 Å². The van der Waals surface area contributed by atoms with Gasteiger partial charge in [0.2, 0.25) is 0 Å². The van der Waals surface area contributed by atoms with Crippen LogP contribution < -0.4 is 10.6 Å². The quantitative estimate of drug-likeness (QED) is 0.725. The van der Waals surface area contributed by atoms with Gasteiger partial charge in [0.05, 0.1) is 17.3 Å². The normalized spacial score (nSPS) is 12.7. The predicted octanol–water partition coefficient (Wildman–Crippen LogP) is 2.18. The van der Waals surface area contributed by atoms with Crippen LogP contribution in [0, 0.1) is 0 Å². The molecule has 0 bridgehead atoms. The third-order valence-corrected chi connectivity index (χ3v) is 4.32. The van der Waals surface area contributed by atoms with E-state index in [4.69, 9.17) is 0 Å². The van der Waals surface area contributed by atoms with E-state index in [0.29, 0.717) is 12.8 Å². The minimum atomic E-state index is -0.847. The van der Waals surface area contributed by atoms with Crippen LogP contribution in [0.15, 0.2) is 36.9 Å². The van der Waals surface area contributed by atoms with Crippen LogP contribution in [-0.2, 0) is 0 Å². The van der Waals surface area contributed by atoms with Crippen molar-refractivity contribution in [2.45, 2.75) is 45.3 Å². The molecule has 0 fully saturated rings. The van der Waals surface area contributed by atoms with Gasteiger partial charge in [-0.15, -0.1) is 0 Å². The topological polar surface area (TPSA) is 92.1 Å². The van der Waals surface area contributed by atoms with Crippen LogP contribution in [0.4, 0.5) is 4.79 Å². The van der Waals surface area contributed by atoms with Crippen molar-refractivity contribution in [1.29, 1.82) is 0 Å². The fourth-order valence-electron chi connectivity index (χ4n) is 2.33. The van der Waals surface area contributed by atoms with Gasteiger partial charge in [-0.25, -0.2) is 14.5 Å². The molecule has 0 aliphatic carbocycles. The Hall–Kier alpha value is -2.41. The monoisotopic (exact) mass is 331 g/mol. The average molecular weight is 331 g/mol. The van der Waals surface area contributed by atoms with E-state index in [1.165, 1.54) is 6.33 Å². The van der Waals surface area contributed by atoms with Gasteiger partial charge >= 0.3 is 6.03 Å². The van der Waals surface area contributed by atoms with E-state index in [1.807, 2.05) is 45.0 Å². The van der Waals surface area contributed by atoms with E-state index in [1.54, 1.807) is 11.0 Å². The van der Waals surface area contributed by atoms with Crippen molar-refractivity contribution in [2.24, 2.45) is 0 Å². The van der Waals surface area contributed by atoms with Crippen LogP contribution >= 0.6 is 0 Å². The number of aliphatic hydroxyl groups is 1. The first kappa shape index (κ1) is 17.9. The minimum absolute atomic E-state index is 0.147. The van der Waals surface area contributed by atoms with Gasteiger partial charge in [-0.05, 0) is 37.5 Å². The molecule has 0 spiro atoms. The molecule has 130 valence electrons. The van der Waals surface area contributed by atoms with Gasteiger partial charge in [0.25, 0.3) is 0 Å². The second-order valence-electron chi connectivity index (χ2n) is 5.91. The van der Waals surface area contributed by atoms with Gasteiger partial charge in [-0.2, -0.15) is 5.10 Å². The lowest BCUT2D eigenvalue weighted by Gasteiger charge is -2.26. The van der Waals surface area contributed by atoms with Crippen molar-refractivity contribution in [1.82, 2.24) is 25.4 Å². The maximum Gasteiger partial charge on any atom is 0.315 e. The van der Waals surface area contributed by atoms with Gasteiger partial charge in [-0.1, -0.05) is 26.0 Å². The van der Waals surface area contributed by atoms with Crippen LogP contribution in [0.1, 0.15) is 45.2 Å². The first-order valence-corrected chi connectivity index (χ1v) is 8.19. The lowest BCUT2D eigenvalue weighted by Crippen LogP contribution is -2.46. The molecule has 1 heterocycles. The minimum Gasteiger partial charge on any atom is -0.388 e. The Labute approximate surface area is 142 Å². The smallest absolute Gasteiger partial charge is 0.315 e. The second kappa shape index (κ2) is 7.92. The predicted molar refractivity (Wildman–Crippen MR) is 91.8 cm³/mol. The van der Waals surface area contributed by atoms with Crippen LogP contribution in [0.3, 0.4) is 0 Å². The summed E-state index contributed by atoms with van der Waals surface area (Å²) in [5.41, 5.74) is 1.04. The largest absolute Gasteiger partial charge is 0.388 e. The number of benzene rings is 1. The second-order valence-corrected chi connectivity index (χ2v) is 5.91. The van der Waals surface area contributed by atoms with Crippen molar-refractivity contribution >= 4 is 6.03 Å². The van der Waals surface area contributed by atoms with Crippen molar-refractivity contribution in [3.63, 3.8) is 0 Å². The fraction of sp³-hybridized carbons (Fsp3) is 0.471. The molecule has 3 N–H and O–H groups in total. The Morgan fingerprint density at radius 3 is 2.50 bits per heavy atom. The molecular formula is C17H25N5O2. The van der Waals surface area contributed by atoms with Crippen LogP contribution in [0.2, 0.25) is 0 Å². The summed E-state index contributed by atoms with van der Waals surface area (Å²) in [6.07, 6.45) is 4.31. The summed E-state index contributed by atoms with van der Waals surface area (Å²) in [7, 11) is 0. The molecule has 1 unspecified atom stereocenters. The third-order valence-electron chi connectivity index (χ3n) is 4.32. The molecule has 7 heteroatoms. The maximum atomic E-state index is 12.0. The summed E-state index contributed by atoms with van der Waals surface area (Å²) in [6, 6.07) is 7.29. The molecular weight excluding hydrogens is 306 g/mol. The summed E-state index contributed by atoms with van der Waals surface area (Å²) < 4.78 is 1.67. The van der Waals surface area contributed by atoms with Gasteiger partial charge in [0.15, 0.2) is 0 Å². The summed E-state index contributed by atoms with van der Waals surface area (Å²) in [5.74, 6) is 0. The van der Waals surface area contributed by atoms with E-state index in [2.05, 4.69) is 20.7 Å². The zero-order valence-electron chi connectivity index (χ0n) is 14.4. The molecule has 0 saturated heterocycles. The Bertz CT molecular complexity index is 636. The number of urea groups is 1. The summed E-state index contributed by atoms with van der Waals surface area (Å²) in [6.45, 7) is 5.96. The van der Waals surface area contributed by atoms with Gasteiger partial charge in [0, 0.05) is 6.54 Å². The van der Waals surface area contributed by atoms with Crippen molar-refractivity contribution in [3.05, 3.63) is 42.5 Å². The Balaban J connectivity index is 1.90. The van der Waals surface area contributed by atoms with Crippen molar-refractivity contribution < 1.29 is 9.90 Å². The highest BCUT2D eigenvalue weighted by atomic mass is 16.3. The standard InChI is InChI=1S/C17H25N5O2/c1-4-17(24,5-2)10-19-16(23)21-13(3)14-6-8-15(9-7-14)22-12-18-11-20-22/h6-9,11-13,24H,4-5,10H2,1-3H3,(H2,19,21,23). The molecule has 0 aliphatic rings. The fourth-order valence-corrected chi connectivity index (χ4v) is 2.33. The first-order valence-electron chi connectivity index (χ1n) is 8.19. The third kappa shape index (κ3) is 4.55. The number of amides is 2. The summed E-state index contributed by atoms with van der Waals surface area (Å²) in [5, 5.41) is 19.9. The number of nitrogens with one attached hydrogen (secondary N) is 2. The maximum absolute atomic E-state index is 12.0. The molecule has 24 heavy (non-hydrogen) atoms. The number of hydrogen-bond donors (Lipinski definition) is 3. The summed E-state index contributed by atoms with van der Waals surface area (Å²) in [4.78, 5) is 15.9. The molecule has 7 nitrogen and oxygen atoms in total. The first-order chi connectivity index (χ1) is 11.5. The van der Waals surface area contributed by atoms with E-state index in [-0.39, 0.29) is 18.6 Å². The number of aromatic nitrogens is 3. The van der Waals surface area contributed by atoms with E-state index in [9.17, 15) is 9.90 Å². The van der Waals surface area contributed by atoms with E-state index in [0.717, 1.165) is 11.3 Å². The average Bonchev–Trinajstić information content (AvgIpc) is 3.14. The Morgan fingerprint density at radius 1 is 1.29 bits per heavy atom. The summed E-state index contributed by atoms with van der Waals surface area (Å²) >= 11 is 0. The molecule has 2 rings (SSSR count). The van der Waals surface area contributed by atoms with Gasteiger partial charge < -0.3 is 15.7 Å². The van der Waals surface area contributed by atoms with Gasteiger partial charge in [-0.3, -0.25) is 0 Å². The number of carbonyl (C=O) groups is 1. The number of hydrogen-bond acceptors (Lipinski definition) is 4. The number of carbonyl (C=O) groups excluding carboxylic acids is 1. The zero-order chi connectivity index (χ0) is 17.6. The van der Waals surface area contributed by atoms with Gasteiger partial charge in [0.1, 0.15) is 12.7 Å². The van der Waals surface area contributed by atoms with Crippen molar-refractivity contribution in [2.75, 3.05) is 6.54 Å². The van der Waals surface area contributed by atoms with Crippen LogP contribution in [-0.4, -0.2) is 38.0 Å².